The van der Waals surface area contributed by atoms with E-state index < -0.39 is 45.0 Å². The van der Waals surface area contributed by atoms with Crippen LogP contribution in [0, 0.1) is 58.5 Å². The highest BCUT2D eigenvalue weighted by Gasteiger charge is 2.34. The van der Waals surface area contributed by atoms with Crippen molar-refractivity contribution in [3.8, 4) is 63.1 Å². The molecule has 2 amide bonds. The van der Waals surface area contributed by atoms with Gasteiger partial charge in [0.1, 0.15) is 74.0 Å². The van der Waals surface area contributed by atoms with Crippen LogP contribution in [0.4, 0.5) is 35.9 Å². The first-order valence-corrected chi connectivity index (χ1v) is 37.6. The number of nitrogens with zero attached hydrogens (tertiary/aromatic N) is 13. The van der Waals surface area contributed by atoms with Gasteiger partial charge in [-0.3, -0.25) is 29.8 Å². The van der Waals surface area contributed by atoms with Gasteiger partial charge in [0.05, 0.1) is 110 Å². The summed E-state index contributed by atoms with van der Waals surface area (Å²) in [6.07, 6.45) is 5.85. The van der Waals surface area contributed by atoms with E-state index in [2.05, 4.69) is 95.3 Å². The molecule has 38 heteroatoms. The number of aromatic amines is 1. The van der Waals surface area contributed by atoms with Gasteiger partial charge in [-0.1, -0.05) is 109 Å². The van der Waals surface area contributed by atoms with Crippen LogP contribution in [0.3, 0.4) is 0 Å². The number of ether oxygens (including phenoxy) is 6. The lowest BCUT2D eigenvalue weighted by molar-refractivity contribution is -0.385. The average Bonchev–Trinajstić information content (AvgIpc) is 1.59. The largest absolute Gasteiger partial charge is 0.505 e. The molecule has 0 aliphatic rings. The summed E-state index contributed by atoms with van der Waals surface area (Å²) in [5, 5.41) is 62.4. The highest BCUT2D eigenvalue weighted by atomic mass is 35.5. The third-order valence-corrected chi connectivity index (χ3v) is 19.2. The number of nitrogens with one attached hydrogen (secondary N) is 3. The van der Waals surface area contributed by atoms with Crippen LogP contribution < -0.4 is 29.6 Å². The molecule has 14 rings (SSSR count). The first-order valence-electron chi connectivity index (χ1n) is 37.2. The Bertz CT molecular complexity index is 6360. The van der Waals surface area contributed by atoms with Gasteiger partial charge in [-0.2, -0.15) is 0 Å². The number of anilines is 2. The van der Waals surface area contributed by atoms with Gasteiger partial charge in [-0.25, -0.2) is 37.7 Å². The van der Waals surface area contributed by atoms with Gasteiger partial charge in [-0.15, -0.1) is 30.6 Å². The molecule has 0 saturated heterocycles. The van der Waals surface area contributed by atoms with Crippen molar-refractivity contribution >= 4 is 103 Å². The van der Waals surface area contributed by atoms with Crippen LogP contribution >= 0.6 is 11.6 Å². The number of amides is 2. The zero-order chi connectivity index (χ0) is 89.5. The third-order valence-electron chi connectivity index (χ3n) is 18.9. The average molecular weight is 1760 g/mol. The molecule has 0 bridgehead atoms. The fraction of sp³-hybridized carbons (Fsp3) is 0.261. The Kier molecular flexibility index (Phi) is 33.5. The molecule has 6 aromatic heterocycles. The second kappa shape index (κ2) is 43.0. The number of phenols is 1. The molecule has 0 radical (unpaired) electrons. The first kappa shape index (κ1) is 97.9. The van der Waals surface area contributed by atoms with Gasteiger partial charge in [0.25, 0.3) is 17.7 Å². The van der Waals surface area contributed by atoms with E-state index in [1.807, 2.05) is 64.6 Å². The lowest BCUT2D eigenvalue weighted by Crippen LogP contribution is -2.13. The molecule has 6 heterocycles. The smallest absolute Gasteiger partial charge is 0.341 e. The van der Waals surface area contributed by atoms with E-state index in [4.69, 9.17) is 43.8 Å². The van der Waals surface area contributed by atoms with Crippen LogP contribution in [0.15, 0.2) is 130 Å². The zero-order valence-corrected chi connectivity index (χ0v) is 69.9. The van der Waals surface area contributed by atoms with E-state index in [1.165, 1.54) is 69.5 Å². The molecule has 4 N–H and O–H groups in total. The minimum Gasteiger partial charge on any atom is -0.505 e. The molecule has 662 valence electrons. The van der Waals surface area contributed by atoms with Crippen molar-refractivity contribution in [3.63, 3.8) is 0 Å². The van der Waals surface area contributed by atoms with Crippen molar-refractivity contribution in [1.82, 2.24) is 59.7 Å². The molecule has 0 atom stereocenters. The van der Waals surface area contributed by atoms with Crippen molar-refractivity contribution in [2.45, 2.75) is 103 Å². The lowest BCUT2D eigenvalue weighted by atomic mass is 10.0. The van der Waals surface area contributed by atoms with Crippen LogP contribution in [0.25, 0.3) is 79.6 Å². The summed E-state index contributed by atoms with van der Waals surface area (Å²) in [6, 6.07) is 26.8. The number of aromatic hydroxyl groups is 1. The van der Waals surface area contributed by atoms with Crippen LogP contribution in [0.2, 0.25) is 5.02 Å². The summed E-state index contributed by atoms with van der Waals surface area (Å²) in [5.74, 6) is 1.78. The van der Waals surface area contributed by atoms with Crippen LogP contribution in [-0.4, -0.2) is 141 Å². The summed E-state index contributed by atoms with van der Waals surface area (Å²) in [4.78, 5) is 83.4. The van der Waals surface area contributed by atoms with Gasteiger partial charge in [0.2, 0.25) is 41.0 Å². The number of imidazole rings is 3. The van der Waals surface area contributed by atoms with Crippen molar-refractivity contribution in [3.05, 3.63) is 244 Å². The van der Waals surface area contributed by atoms with Crippen molar-refractivity contribution in [2.75, 3.05) is 53.3 Å². The van der Waals surface area contributed by atoms with Crippen molar-refractivity contribution < 1.29 is 89.0 Å². The lowest BCUT2D eigenvalue weighted by Gasteiger charge is -2.14. The predicted molar refractivity (Wildman–Crippen MR) is 469 cm³/mol. The second-order valence-electron chi connectivity index (χ2n) is 26.8. The maximum Gasteiger partial charge on any atom is 0.341 e. The molecule has 0 fully saturated rings. The number of carbonyl (C=O) groups is 4. The normalized spacial score (nSPS) is 10.5. The number of aromatic nitrogens is 12. The van der Waals surface area contributed by atoms with Crippen LogP contribution in [-0.2, 0) is 65.3 Å². The fourth-order valence-corrected chi connectivity index (χ4v) is 13.3. The molecule has 0 aliphatic heterocycles. The molecule has 0 aliphatic carbocycles. The topological polar surface area (TPSA) is 435 Å². The number of phenolic OH excluding ortho intramolecular Hbond substituents is 1. The predicted octanol–water partition coefficient (Wildman–Crippen LogP) is 18.4. The Balaban J connectivity index is 0.000000216. The Morgan fingerprint density at radius 1 is 0.524 bits per heavy atom. The van der Waals surface area contributed by atoms with E-state index in [0.29, 0.717) is 76.9 Å². The van der Waals surface area contributed by atoms with Gasteiger partial charge < -0.3 is 71.5 Å². The van der Waals surface area contributed by atoms with Gasteiger partial charge in [0.15, 0.2) is 17.2 Å². The number of aryl methyl sites for hydroxylation is 7. The number of hydrogen-bond acceptors (Lipinski definition) is 27. The fourth-order valence-electron chi connectivity index (χ4n) is 13.0. The van der Waals surface area contributed by atoms with Crippen molar-refractivity contribution in [1.29, 1.82) is 0 Å². The maximum atomic E-state index is 13.1. The summed E-state index contributed by atoms with van der Waals surface area (Å²) in [7, 11) is 11.7. The third kappa shape index (κ3) is 21.6. The Morgan fingerprint density at radius 3 is 1.29 bits per heavy atom. The molecule has 0 saturated carbocycles. The molecule has 126 heavy (non-hydrogen) atoms. The van der Waals surface area contributed by atoms with E-state index in [-0.39, 0.29) is 96.0 Å². The summed E-state index contributed by atoms with van der Waals surface area (Å²) in [6.45, 7) is 19.6. The molecule has 14 aromatic rings. The molecule has 0 unspecified atom stereocenters. The molecular formula is C88H94ClF3N16O18. The number of fused-ring (bicyclic) bond motifs is 3. The number of carbonyl (C=O) groups excluding carboxylic acids is 4. The SMILES string of the molecule is C.C.C.C=Cc1cc(-c2nnc(Cc3ccc(F)cc3)o2)c(OC)c2[nH]c(C)nc12.C=Cc1cc(C(=O)OC)c(OC)c([N+](=O)[O-])c1NC(C)=O.CCc1cc(-c2nnc(Cc3ccc(F)cc3)o2)c(O)c2nc(C)n(C)c12.CCc1cc(-c2nnc(Cc3ccc(F)cc3)o2)c(OC)c2nc(C)n(C)c12.COC(=O)c1cc(Cl)c(NC(C)=O)c([N+](=O)[O-])c1OC. The minimum absolute atomic E-state index is 0. The Labute approximate surface area is 726 Å². The number of H-pyrrole nitrogens is 1. The highest BCUT2D eigenvalue weighted by Crippen LogP contribution is 2.46. The summed E-state index contributed by atoms with van der Waals surface area (Å²) >= 11 is 5.87. The molecule has 0 spiro atoms. The number of rotatable bonds is 23. The number of methoxy groups -OCH3 is 6. The van der Waals surface area contributed by atoms with E-state index >= 15 is 0 Å². The van der Waals surface area contributed by atoms with Gasteiger partial charge in [0, 0.05) is 39.1 Å². The minimum atomic E-state index is -0.846. The second-order valence-corrected chi connectivity index (χ2v) is 27.2. The van der Waals surface area contributed by atoms with Crippen LogP contribution in [0.1, 0.15) is 145 Å². The number of esters is 2. The summed E-state index contributed by atoms with van der Waals surface area (Å²) < 4.78 is 90.9. The standard InChI is InChI=1S/C21H21FN4O2.C20H19FN4O2.C20H17FN4O2.C13H14N2O6.C11H11ClN2O6.3CH4/c1-5-14-11-16(20(27-4)18-19(14)26(3)12(2)23-18)21-25-24-17(28-21)10-13-6-8-15(22)9-7-13;1-4-13-10-15(19(26)17-18(13)25(3)11(2)22-17)20-24-23-16(27-20)9-12-5-7-14(21)8-6-12;1-4-13-10-15(19(26-3)18-17(13)22-11(2)23-18)20-25-24-16(27-20)9-12-5-7-14(21)8-6-12;1-5-8-6-9(13(17)21-4)12(20-3)11(15(18)19)10(8)14-7(2)16;1-5(15)13-8-7(12)4-6(11(16)20-3)10(19-2)9(8)14(17)18;;;/h6-9,11H,5,10H2,1-4H3;5-8,10,26H,4,9H2,1-3H3;4-8,10H,1,9H2,2-3H3,(H,22,23);5-6H,1H2,2-4H3,(H,14,16);4H,1-3H3,(H,13,15);3*1H4. The monoisotopic (exact) mass is 1750 g/mol. The number of halogens is 4. The first-order chi connectivity index (χ1) is 58.8. The number of nitro benzene ring substituents is 2. The quantitative estimate of drug-likeness (QED) is 0.0262. The Morgan fingerprint density at radius 2 is 0.897 bits per heavy atom. The molecule has 8 aromatic carbocycles. The van der Waals surface area contributed by atoms with Crippen LogP contribution in [0.5, 0.6) is 28.7 Å². The highest BCUT2D eigenvalue weighted by molar-refractivity contribution is 6.35. The summed E-state index contributed by atoms with van der Waals surface area (Å²) in [5.41, 5.74) is 10.7. The maximum absolute atomic E-state index is 13.1. The number of hydrogen-bond donors (Lipinski definition) is 4. The number of nitro groups is 2. The van der Waals surface area contributed by atoms with E-state index in [1.54, 1.807) is 56.7 Å². The molecular weight excluding hydrogens is 1660 g/mol. The molecule has 34 nitrogen and oxygen atoms in total. The number of benzene rings is 8. The van der Waals surface area contributed by atoms with Gasteiger partial charge in [-0.05, 0) is 128 Å². The van der Waals surface area contributed by atoms with E-state index in [9.17, 15) is 57.7 Å². The van der Waals surface area contributed by atoms with Crippen molar-refractivity contribution in [2.24, 2.45) is 14.1 Å². The van der Waals surface area contributed by atoms with Gasteiger partial charge >= 0.3 is 23.3 Å². The van der Waals surface area contributed by atoms with E-state index in [0.717, 1.165) is 124 Å². The zero-order valence-electron chi connectivity index (χ0n) is 69.1. The Hall–Kier alpha value is -15.2.